The molecule has 0 spiro atoms. The van der Waals surface area contributed by atoms with Gasteiger partial charge in [0, 0.05) is 11.9 Å². The monoisotopic (exact) mass is 243 g/mol. The number of methoxy groups -OCH3 is 2. The molecular weight excluding hydrogens is 230 g/mol. The van der Waals surface area contributed by atoms with Crippen molar-refractivity contribution in [1.82, 2.24) is 9.97 Å². The van der Waals surface area contributed by atoms with E-state index in [2.05, 4.69) is 16.0 Å². The molecule has 5 heteroatoms. The molecule has 92 valence electrons. The number of ether oxygens (including phenoxy) is 2. The highest BCUT2D eigenvalue weighted by Gasteiger charge is 2.11. The van der Waals surface area contributed by atoms with E-state index in [4.69, 9.17) is 14.7 Å². The van der Waals surface area contributed by atoms with Gasteiger partial charge in [0.1, 0.15) is 17.3 Å². The minimum absolute atomic E-state index is 0.305. The molecule has 0 fully saturated rings. The van der Waals surface area contributed by atoms with Crippen molar-refractivity contribution in [1.29, 1.82) is 5.26 Å². The minimum Gasteiger partial charge on any atom is -0.497 e. The van der Waals surface area contributed by atoms with Crippen LogP contribution in [-0.2, 0) is 6.42 Å². The van der Waals surface area contributed by atoms with Gasteiger partial charge in [0.2, 0.25) is 0 Å². The first-order valence-electron chi connectivity index (χ1n) is 5.41. The van der Waals surface area contributed by atoms with Crippen LogP contribution < -0.4 is 9.47 Å². The third kappa shape index (κ3) is 2.28. The summed E-state index contributed by atoms with van der Waals surface area (Å²) in [6.45, 7) is 0. The van der Waals surface area contributed by atoms with Crippen LogP contribution in [0.1, 0.15) is 5.69 Å². The second-order valence-corrected chi connectivity index (χ2v) is 3.66. The third-order valence-corrected chi connectivity index (χ3v) is 2.56. The number of imidazole rings is 1. The van der Waals surface area contributed by atoms with Crippen molar-refractivity contribution in [3.8, 4) is 29.0 Å². The summed E-state index contributed by atoms with van der Waals surface area (Å²) in [6.07, 6.45) is 1.96. The van der Waals surface area contributed by atoms with Crippen LogP contribution in [0, 0.1) is 11.3 Å². The van der Waals surface area contributed by atoms with Crippen molar-refractivity contribution in [3.63, 3.8) is 0 Å². The zero-order valence-corrected chi connectivity index (χ0v) is 10.2. The van der Waals surface area contributed by atoms with Gasteiger partial charge in [-0.1, -0.05) is 0 Å². The lowest BCUT2D eigenvalue weighted by atomic mass is 10.2. The molecule has 0 aliphatic heterocycles. The maximum Gasteiger partial charge on any atom is 0.141 e. The van der Waals surface area contributed by atoms with Gasteiger partial charge in [0.25, 0.3) is 0 Å². The number of aromatic nitrogens is 2. The Labute approximate surface area is 105 Å². The van der Waals surface area contributed by atoms with Crippen molar-refractivity contribution in [2.24, 2.45) is 0 Å². The van der Waals surface area contributed by atoms with Crippen molar-refractivity contribution >= 4 is 0 Å². The number of nitrogens with zero attached hydrogens (tertiary/aromatic N) is 2. The Morgan fingerprint density at radius 1 is 1.33 bits per heavy atom. The summed E-state index contributed by atoms with van der Waals surface area (Å²) in [4.78, 5) is 7.33. The van der Waals surface area contributed by atoms with Crippen molar-refractivity contribution < 1.29 is 9.47 Å². The lowest BCUT2D eigenvalue weighted by Gasteiger charge is -2.08. The number of aromatic amines is 1. The van der Waals surface area contributed by atoms with Crippen LogP contribution in [-0.4, -0.2) is 24.2 Å². The highest BCUT2D eigenvalue weighted by atomic mass is 16.5. The third-order valence-electron chi connectivity index (χ3n) is 2.56. The Bertz CT molecular complexity index is 584. The smallest absolute Gasteiger partial charge is 0.141 e. The molecule has 1 N–H and O–H groups in total. The molecule has 0 saturated heterocycles. The van der Waals surface area contributed by atoms with Crippen LogP contribution >= 0.6 is 0 Å². The lowest BCUT2D eigenvalue weighted by molar-refractivity contribution is 0.404. The summed E-state index contributed by atoms with van der Waals surface area (Å²) >= 11 is 0. The summed E-state index contributed by atoms with van der Waals surface area (Å²) in [6, 6.07) is 7.55. The van der Waals surface area contributed by atoms with Crippen molar-refractivity contribution in [3.05, 3.63) is 30.1 Å². The number of hydrogen-bond acceptors (Lipinski definition) is 4. The molecular formula is C13H13N3O2. The lowest BCUT2D eigenvalue weighted by Crippen LogP contribution is -1.91. The van der Waals surface area contributed by atoms with Crippen LogP contribution in [0.25, 0.3) is 11.4 Å². The molecule has 0 bridgehead atoms. The largest absolute Gasteiger partial charge is 0.497 e. The summed E-state index contributed by atoms with van der Waals surface area (Å²) < 4.78 is 10.5. The van der Waals surface area contributed by atoms with Gasteiger partial charge in [-0.15, -0.1) is 0 Å². The Morgan fingerprint density at radius 3 is 2.83 bits per heavy atom. The second kappa shape index (κ2) is 5.23. The van der Waals surface area contributed by atoms with Gasteiger partial charge in [-0.25, -0.2) is 4.98 Å². The molecule has 0 atom stereocenters. The molecule has 0 unspecified atom stereocenters. The van der Waals surface area contributed by atoms with E-state index in [1.54, 1.807) is 20.4 Å². The van der Waals surface area contributed by atoms with E-state index in [0.717, 1.165) is 17.0 Å². The molecule has 1 aromatic carbocycles. The topological polar surface area (TPSA) is 70.9 Å². The highest BCUT2D eigenvalue weighted by Crippen LogP contribution is 2.31. The second-order valence-electron chi connectivity index (χ2n) is 3.66. The molecule has 18 heavy (non-hydrogen) atoms. The van der Waals surface area contributed by atoms with Gasteiger partial charge < -0.3 is 14.5 Å². The van der Waals surface area contributed by atoms with E-state index in [-0.39, 0.29) is 0 Å². The number of hydrogen-bond donors (Lipinski definition) is 1. The molecule has 2 aromatic rings. The number of H-pyrrole nitrogens is 1. The SMILES string of the molecule is COc1ccc(OC)c(-c2ncc(CC#N)[nH]2)c1. The van der Waals surface area contributed by atoms with Crippen LogP contribution in [0.3, 0.4) is 0 Å². The van der Waals surface area contributed by atoms with Crippen LogP contribution in [0.4, 0.5) is 0 Å². The minimum atomic E-state index is 0.305. The Hall–Kier alpha value is -2.48. The molecule has 0 radical (unpaired) electrons. The summed E-state index contributed by atoms with van der Waals surface area (Å²) in [7, 11) is 3.21. The number of benzene rings is 1. The number of nitriles is 1. The first-order chi connectivity index (χ1) is 8.78. The highest BCUT2D eigenvalue weighted by molar-refractivity contribution is 5.66. The molecule has 0 aliphatic carbocycles. The number of nitrogens with one attached hydrogen (secondary N) is 1. The molecule has 0 amide bonds. The predicted octanol–water partition coefficient (Wildman–Crippen LogP) is 2.16. The Balaban J connectivity index is 2.44. The van der Waals surface area contributed by atoms with Gasteiger partial charge in [0.05, 0.1) is 32.3 Å². The Kier molecular flexibility index (Phi) is 3.49. The van der Waals surface area contributed by atoms with E-state index >= 15 is 0 Å². The molecule has 1 aromatic heterocycles. The normalized spacial score (nSPS) is 9.83. The molecule has 5 nitrogen and oxygen atoms in total. The Morgan fingerprint density at radius 2 is 2.17 bits per heavy atom. The fraction of sp³-hybridized carbons (Fsp3) is 0.231. The first-order valence-corrected chi connectivity index (χ1v) is 5.41. The average molecular weight is 243 g/mol. The standard InChI is InChI=1S/C13H13N3O2/c1-17-10-3-4-12(18-2)11(7-10)13-15-8-9(16-13)5-6-14/h3-4,7-8H,5H2,1-2H3,(H,15,16). The van der Waals surface area contributed by atoms with Gasteiger partial charge in [0.15, 0.2) is 0 Å². The number of rotatable bonds is 4. The predicted molar refractivity (Wildman–Crippen MR) is 66.4 cm³/mol. The van der Waals surface area contributed by atoms with E-state index in [9.17, 15) is 0 Å². The molecule has 0 saturated carbocycles. The van der Waals surface area contributed by atoms with Gasteiger partial charge in [-0.3, -0.25) is 0 Å². The molecule has 2 rings (SSSR count). The molecule has 1 heterocycles. The average Bonchev–Trinajstić information content (AvgIpc) is 2.87. The van der Waals surface area contributed by atoms with Crippen molar-refractivity contribution in [2.75, 3.05) is 14.2 Å². The van der Waals surface area contributed by atoms with Crippen LogP contribution in [0.15, 0.2) is 24.4 Å². The van der Waals surface area contributed by atoms with Crippen LogP contribution in [0.5, 0.6) is 11.5 Å². The van der Waals surface area contributed by atoms with Crippen molar-refractivity contribution in [2.45, 2.75) is 6.42 Å². The summed E-state index contributed by atoms with van der Waals surface area (Å²) in [5.41, 5.74) is 1.58. The zero-order valence-electron chi connectivity index (χ0n) is 10.2. The first kappa shape index (κ1) is 12.0. The summed E-state index contributed by atoms with van der Waals surface area (Å²) in [5.74, 6) is 2.09. The van der Waals surface area contributed by atoms with Gasteiger partial charge >= 0.3 is 0 Å². The van der Waals surface area contributed by atoms with E-state index in [0.29, 0.717) is 18.0 Å². The maximum atomic E-state index is 8.64. The fourth-order valence-corrected chi connectivity index (χ4v) is 1.67. The quantitative estimate of drug-likeness (QED) is 0.893. The zero-order chi connectivity index (χ0) is 13.0. The van der Waals surface area contributed by atoms with E-state index < -0.39 is 0 Å². The van der Waals surface area contributed by atoms with Gasteiger partial charge in [-0.05, 0) is 18.2 Å². The maximum absolute atomic E-state index is 8.64. The van der Waals surface area contributed by atoms with E-state index in [1.807, 2.05) is 18.2 Å². The van der Waals surface area contributed by atoms with Crippen LogP contribution in [0.2, 0.25) is 0 Å². The van der Waals surface area contributed by atoms with Gasteiger partial charge in [-0.2, -0.15) is 5.26 Å². The fourth-order valence-electron chi connectivity index (χ4n) is 1.67. The molecule has 0 aliphatic rings. The summed E-state index contributed by atoms with van der Waals surface area (Å²) in [5, 5.41) is 8.64. The van der Waals surface area contributed by atoms with E-state index in [1.165, 1.54) is 0 Å².